The number of nitrogens with zero attached hydrogens (tertiary/aromatic N) is 1. The fraction of sp³-hybridized carbons (Fsp3) is 0.941. The minimum absolute atomic E-state index is 0.274. The summed E-state index contributed by atoms with van der Waals surface area (Å²) in [4.78, 5) is 14.3. The van der Waals surface area contributed by atoms with Gasteiger partial charge in [0.2, 0.25) is 5.91 Å². The quantitative estimate of drug-likeness (QED) is 0.866. The van der Waals surface area contributed by atoms with Crippen LogP contribution in [0.15, 0.2) is 0 Å². The van der Waals surface area contributed by atoms with E-state index in [4.69, 9.17) is 4.74 Å². The van der Waals surface area contributed by atoms with Crippen LogP contribution in [0.25, 0.3) is 0 Å². The third kappa shape index (κ3) is 5.26. The monoisotopic (exact) mass is 296 g/mol. The molecule has 0 aliphatic carbocycles. The van der Waals surface area contributed by atoms with E-state index < -0.39 is 0 Å². The van der Waals surface area contributed by atoms with Crippen LogP contribution in [0.1, 0.15) is 52.9 Å². The van der Waals surface area contributed by atoms with Crippen molar-refractivity contribution in [3.8, 4) is 0 Å². The molecule has 0 bridgehead atoms. The number of amides is 1. The van der Waals surface area contributed by atoms with Crippen molar-refractivity contribution in [3.05, 3.63) is 0 Å². The fourth-order valence-corrected chi connectivity index (χ4v) is 3.43. The van der Waals surface area contributed by atoms with Crippen molar-refractivity contribution < 1.29 is 9.53 Å². The van der Waals surface area contributed by atoms with E-state index in [-0.39, 0.29) is 5.91 Å². The SMILES string of the molecule is CC(C)(C)C1CCN(C(=O)CCOC2CCNCC2)CC1. The number of hydrogen-bond donors (Lipinski definition) is 1. The van der Waals surface area contributed by atoms with Crippen molar-refractivity contribution in [2.45, 2.75) is 59.0 Å². The average molecular weight is 296 g/mol. The summed E-state index contributed by atoms with van der Waals surface area (Å²) in [6.07, 6.45) is 5.33. The van der Waals surface area contributed by atoms with Gasteiger partial charge in [-0.05, 0) is 50.1 Å². The molecule has 2 rings (SSSR count). The maximum Gasteiger partial charge on any atom is 0.224 e. The number of carbonyl (C=O) groups excluding carboxylic acids is 1. The van der Waals surface area contributed by atoms with E-state index in [0.717, 1.165) is 57.8 Å². The number of ether oxygens (including phenoxy) is 1. The Bertz CT molecular complexity index is 324. The van der Waals surface area contributed by atoms with Gasteiger partial charge < -0.3 is 15.0 Å². The Labute approximate surface area is 129 Å². The maximum absolute atomic E-state index is 12.2. The van der Waals surface area contributed by atoms with Crippen molar-refractivity contribution in [2.75, 3.05) is 32.8 Å². The third-order valence-electron chi connectivity index (χ3n) is 5.03. The molecule has 4 nitrogen and oxygen atoms in total. The first kappa shape index (κ1) is 16.8. The van der Waals surface area contributed by atoms with Crippen LogP contribution in [0.3, 0.4) is 0 Å². The van der Waals surface area contributed by atoms with Gasteiger partial charge in [-0.2, -0.15) is 0 Å². The van der Waals surface area contributed by atoms with Crippen LogP contribution in [0.2, 0.25) is 0 Å². The molecule has 0 aromatic rings. The zero-order chi connectivity index (χ0) is 15.3. The molecule has 0 aromatic heterocycles. The largest absolute Gasteiger partial charge is 0.378 e. The van der Waals surface area contributed by atoms with Crippen molar-refractivity contribution >= 4 is 5.91 Å². The lowest BCUT2D eigenvalue weighted by molar-refractivity contribution is -0.134. The standard InChI is InChI=1S/C17H32N2O2/c1-17(2,3)14-6-11-19(12-7-14)16(20)8-13-21-15-4-9-18-10-5-15/h14-15,18H,4-13H2,1-3H3. The molecule has 0 radical (unpaired) electrons. The number of hydrogen-bond acceptors (Lipinski definition) is 3. The minimum atomic E-state index is 0.274. The molecular weight excluding hydrogens is 264 g/mol. The zero-order valence-corrected chi connectivity index (χ0v) is 14.0. The fourth-order valence-electron chi connectivity index (χ4n) is 3.43. The Morgan fingerprint density at radius 2 is 1.76 bits per heavy atom. The van der Waals surface area contributed by atoms with E-state index in [1.54, 1.807) is 0 Å². The lowest BCUT2D eigenvalue weighted by Crippen LogP contribution is -2.41. The zero-order valence-electron chi connectivity index (χ0n) is 14.0. The summed E-state index contributed by atoms with van der Waals surface area (Å²) >= 11 is 0. The van der Waals surface area contributed by atoms with E-state index in [0.29, 0.717) is 24.5 Å². The van der Waals surface area contributed by atoms with Gasteiger partial charge in [0.05, 0.1) is 19.1 Å². The Balaban J connectivity index is 1.63. The van der Waals surface area contributed by atoms with Gasteiger partial charge in [-0.25, -0.2) is 0 Å². The number of likely N-dealkylation sites (tertiary alicyclic amines) is 1. The minimum Gasteiger partial charge on any atom is -0.378 e. The highest BCUT2D eigenvalue weighted by Crippen LogP contribution is 2.34. The Hall–Kier alpha value is -0.610. The highest BCUT2D eigenvalue weighted by Gasteiger charge is 2.30. The highest BCUT2D eigenvalue weighted by atomic mass is 16.5. The van der Waals surface area contributed by atoms with Gasteiger partial charge in [-0.1, -0.05) is 20.8 Å². The molecule has 2 saturated heterocycles. The van der Waals surface area contributed by atoms with Crippen LogP contribution < -0.4 is 5.32 Å². The summed E-state index contributed by atoms with van der Waals surface area (Å²) < 4.78 is 5.83. The smallest absolute Gasteiger partial charge is 0.224 e. The van der Waals surface area contributed by atoms with E-state index in [1.165, 1.54) is 0 Å². The lowest BCUT2D eigenvalue weighted by Gasteiger charge is -2.38. The van der Waals surface area contributed by atoms with Crippen molar-refractivity contribution in [1.82, 2.24) is 10.2 Å². The van der Waals surface area contributed by atoms with Gasteiger partial charge >= 0.3 is 0 Å². The van der Waals surface area contributed by atoms with Crippen molar-refractivity contribution in [2.24, 2.45) is 11.3 Å². The van der Waals surface area contributed by atoms with Gasteiger partial charge in [-0.15, -0.1) is 0 Å². The first-order valence-electron chi connectivity index (χ1n) is 8.57. The summed E-state index contributed by atoms with van der Waals surface area (Å²) in [6.45, 7) is 11.4. The molecular formula is C17H32N2O2. The number of rotatable bonds is 4. The molecule has 21 heavy (non-hydrogen) atoms. The second kappa shape index (κ2) is 7.59. The van der Waals surface area contributed by atoms with Crippen LogP contribution in [0.5, 0.6) is 0 Å². The molecule has 1 amide bonds. The van der Waals surface area contributed by atoms with Crippen molar-refractivity contribution in [1.29, 1.82) is 0 Å². The van der Waals surface area contributed by atoms with E-state index in [2.05, 4.69) is 26.1 Å². The van der Waals surface area contributed by atoms with Gasteiger partial charge in [-0.3, -0.25) is 4.79 Å². The molecule has 0 unspecified atom stereocenters. The lowest BCUT2D eigenvalue weighted by atomic mass is 9.75. The van der Waals surface area contributed by atoms with Crippen LogP contribution >= 0.6 is 0 Å². The van der Waals surface area contributed by atoms with Gasteiger partial charge in [0.25, 0.3) is 0 Å². The second-order valence-corrected chi connectivity index (χ2v) is 7.59. The van der Waals surface area contributed by atoms with E-state index in [9.17, 15) is 4.79 Å². The van der Waals surface area contributed by atoms with Crippen LogP contribution in [-0.2, 0) is 9.53 Å². The topological polar surface area (TPSA) is 41.6 Å². The molecule has 4 heteroatoms. The van der Waals surface area contributed by atoms with Crippen LogP contribution in [-0.4, -0.2) is 49.7 Å². The first-order valence-corrected chi connectivity index (χ1v) is 8.57. The Morgan fingerprint density at radius 3 is 2.33 bits per heavy atom. The molecule has 0 saturated carbocycles. The van der Waals surface area contributed by atoms with Gasteiger partial charge in [0, 0.05) is 13.1 Å². The number of nitrogens with one attached hydrogen (secondary N) is 1. The molecule has 2 heterocycles. The normalized spacial score (nSPS) is 22.5. The molecule has 122 valence electrons. The highest BCUT2D eigenvalue weighted by molar-refractivity contribution is 5.76. The van der Waals surface area contributed by atoms with Crippen LogP contribution in [0.4, 0.5) is 0 Å². The maximum atomic E-state index is 12.2. The molecule has 2 fully saturated rings. The molecule has 2 aliphatic heterocycles. The third-order valence-corrected chi connectivity index (χ3v) is 5.03. The van der Waals surface area contributed by atoms with Crippen LogP contribution in [0, 0.1) is 11.3 Å². The summed E-state index contributed by atoms with van der Waals surface area (Å²) in [5, 5.41) is 3.33. The van der Waals surface area contributed by atoms with E-state index >= 15 is 0 Å². The Morgan fingerprint density at radius 1 is 1.14 bits per heavy atom. The Kier molecular flexibility index (Phi) is 6.06. The van der Waals surface area contributed by atoms with Gasteiger partial charge in [0.15, 0.2) is 0 Å². The van der Waals surface area contributed by atoms with Crippen molar-refractivity contribution in [3.63, 3.8) is 0 Å². The molecule has 0 spiro atoms. The summed E-state index contributed by atoms with van der Waals surface area (Å²) in [6, 6.07) is 0. The number of piperidine rings is 2. The molecule has 2 aliphatic rings. The predicted molar refractivity (Wildman–Crippen MR) is 85.2 cm³/mol. The molecule has 1 N–H and O–H groups in total. The van der Waals surface area contributed by atoms with E-state index in [1.807, 2.05) is 4.90 Å². The molecule has 0 atom stereocenters. The first-order chi connectivity index (χ1) is 9.97. The molecule has 0 aromatic carbocycles. The summed E-state index contributed by atoms with van der Waals surface area (Å²) in [7, 11) is 0. The summed E-state index contributed by atoms with van der Waals surface area (Å²) in [5.41, 5.74) is 0.368. The van der Waals surface area contributed by atoms with Gasteiger partial charge in [0.1, 0.15) is 0 Å². The summed E-state index contributed by atoms with van der Waals surface area (Å²) in [5.74, 6) is 1.02. The predicted octanol–water partition coefficient (Wildman–Crippen LogP) is 2.43. The number of carbonyl (C=O) groups is 1. The second-order valence-electron chi connectivity index (χ2n) is 7.59. The average Bonchev–Trinajstić information content (AvgIpc) is 2.47.